The van der Waals surface area contributed by atoms with Crippen LogP contribution in [-0.2, 0) is 30.5 Å². The van der Waals surface area contributed by atoms with E-state index in [0.29, 0.717) is 38.8 Å². The number of nitrogens with zero attached hydrogens (tertiary/aromatic N) is 4. The average molecular weight is 1100 g/mol. The summed E-state index contributed by atoms with van der Waals surface area (Å²) < 4.78 is 37.7. The molecule has 72 heavy (non-hydrogen) atoms. The molecular weight excluding hydrogens is 1040 g/mol. The molecule has 2 aliphatic heterocycles. The number of carbonyl (C=O) groups is 4. The second-order valence-corrected chi connectivity index (χ2v) is 19.4. The Bertz CT molecular complexity index is 2990. The van der Waals surface area contributed by atoms with Crippen LogP contribution in [0.3, 0.4) is 0 Å². The topological polar surface area (TPSA) is 189 Å². The van der Waals surface area contributed by atoms with E-state index in [1.807, 2.05) is 30.3 Å². The van der Waals surface area contributed by atoms with Crippen molar-refractivity contribution >= 4 is 63.6 Å². The molecule has 2 spiro atoms. The number of likely N-dealkylation sites (N-methyl/N-ethyl adjacent to an activating group) is 2. The molecule has 0 radical (unpaired) electrons. The maximum absolute atomic E-state index is 14.4. The fraction of sp³-hybridized carbons (Fsp3) is 0.396. The minimum Gasteiger partial charge on any atom is -0.503 e. The number of amides is 2. The first kappa shape index (κ1) is 57.2. The van der Waals surface area contributed by atoms with Crippen LogP contribution >= 0.6 is 40.2 Å². The first-order valence-corrected chi connectivity index (χ1v) is 23.3. The van der Waals surface area contributed by atoms with Crippen LogP contribution in [0, 0.1) is 23.5 Å². The molecule has 14 nitrogen and oxygen atoms in total. The number of fused-ring (bicyclic) bond motifs is 4. The molecule has 2 aliphatic carbocycles. The summed E-state index contributed by atoms with van der Waals surface area (Å²) >= 11 is 11.7. The third kappa shape index (κ3) is 10.7. The predicted molar refractivity (Wildman–Crippen MR) is 275 cm³/mol. The van der Waals surface area contributed by atoms with Crippen LogP contribution < -0.4 is 15.6 Å². The lowest BCUT2D eigenvalue weighted by atomic mass is 9.67. The van der Waals surface area contributed by atoms with Crippen molar-refractivity contribution in [3.05, 3.63) is 160 Å². The number of aromatic nitrogens is 2. The average Bonchev–Trinajstić information content (AvgIpc) is 3.31. The zero-order valence-electron chi connectivity index (χ0n) is 38.3. The van der Waals surface area contributed by atoms with E-state index in [4.69, 9.17) is 27.9 Å². The molecule has 2 fully saturated rings. The van der Waals surface area contributed by atoms with Crippen molar-refractivity contribution < 1.29 is 48.0 Å². The van der Waals surface area contributed by atoms with Gasteiger partial charge in [-0.2, -0.15) is 0 Å². The smallest absolute Gasteiger partial charge is 0.274 e. The molecule has 3 aromatic carbocycles. The van der Waals surface area contributed by atoms with Crippen molar-refractivity contribution in [1.82, 2.24) is 18.9 Å². The summed E-state index contributed by atoms with van der Waals surface area (Å²) in [7, 11) is 3.26. The second-order valence-electron chi connectivity index (χ2n) is 18.6. The standard InChI is InChI=1S/C29H28ClFN2O5.C22H22ClFN2O5.2CH4.BrH/c1-32-17-29(12-19(13-29)15-34)33-14-21(23(35)11-10-20-8-5-9-22(30)24(20)31)26(36)27(25(33)28(32)37)38-16-18-6-3-2-4-7-18;1-25-11-22(7-12(8-22)10-27)26-9-14(19(29)20(30)18(26)21(25)31)16(28)6-5-13-3-2-4-15(23)17(13)24;;;/h2-9,14,19,34H,10-13,15-17H2,1H3;2-4,9,12,27,30H,5-8,10-11H2,1H3;2*1H4;1H. The molecule has 4 aliphatic rings. The summed E-state index contributed by atoms with van der Waals surface area (Å²) in [5.41, 5.74) is -1.79. The van der Waals surface area contributed by atoms with Crippen molar-refractivity contribution in [1.29, 1.82) is 0 Å². The lowest BCUT2D eigenvalue weighted by Crippen LogP contribution is -2.60. The number of Topliss-reactive ketones (excluding diaryl/α,β-unsaturated/α-hetero) is 2. The van der Waals surface area contributed by atoms with Crippen molar-refractivity contribution in [3.63, 3.8) is 0 Å². The van der Waals surface area contributed by atoms with Crippen LogP contribution in [0.15, 0.2) is 88.7 Å². The molecule has 3 N–H and O–H groups in total. The Hall–Kier alpha value is -5.72. The van der Waals surface area contributed by atoms with Gasteiger partial charge in [0.25, 0.3) is 11.8 Å². The summed E-state index contributed by atoms with van der Waals surface area (Å²) in [5.74, 6) is -3.95. The number of aliphatic hydroxyl groups is 2. The number of aliphatic hydroxyl groups excluding tert-OH is 2. The zero-order chi connectivity index (χ0) is 49.5. The van der Waals surface area contributed by atoms with Crippen molar-refractivity contribution in [2.45, 2.75) is 83.9 Å². The van der Waals surface area contributed by atoms with Crippen LogP contribution in [0.4, 0.5) is 8.78 Å². The lowest BCUT2D eigenvalue weighted by molar-refractivity contribution is -0.0105. The number of rotatable bonds is 13. The number of hydrogen-bond acceptors (Lipinski definition) is 10. The van der Waals surface area contributed by atoms with Crippen LogP contribution in [0.25, 0.3) is 0 Å². The van der Waals surface area contributed by atoms with Gasteiger partial charge in [0.05, 0.1) is 32.3 Å². The number of pyridine rings is 2. The van der Waals surface area contributed by atoms with Gasteiger partial charge in [-0.05, 0) is 79.2 Å². The molecule has 2 amide bonds. The van der Waals surface area contributed by atoms with Crippen LogP contribution in [0.1, 0.15) is 112 Å². The lowest BCUT2D eigenvalue weighted by Gasteiger charge is -2.53. The number of benzene rings is 3. The van der Waals surface area contributed by atoms with Crippen LogP contribution in [0.5, 0.6) is 11.5 Å². The van der Waals surface area contributed by atoms with Crippen molar-refractivity contribution in [2.24, 2.45) is 11.8 Å². The Morgan fingerprint density at radius 3 is 1.56 bits per heavy atom. The largest absolute Gasteiger partial charge is 0.503 e. The fourth-order valence-corrected chi connectivity index (χ4v) is 10.7. The fourth-order valence-electron chi connectivity index (χ4n) is 10.3. The summed E-state index contributed by atoms with van der Waals surface area (Å²) in [4.78, 5) is 81.6. The van der Waals surface area contributed by atoms with Gasteiger partial charge in [0.2, 0.25) is 10.9 Å². The number of aromatic hydroxyl groups is 1. The minimum atomic E-state index is -0.917. The molecule has 0 atom stereocenters. The maximum Gasteiger partial charge on any atom is 0.274 e. The third-order valence-electron chi connectivity index (χ3n) is 13.9. The number of hydrogen-bond donors (Lipinski definition) is 3. The van der Waals surface area contributed by atoms with Crippen molar-refractivity contribution in [3.8, 4) is 11.5 Å². The number of aryl methyl sites for hydroxylation is 2. The minimum absolute atomic E-state index is 0. The molecule has 2 aromatic heterocycles. The summed E-state index contributed by atoms with van der Waals surface area (Å²) in [6, 6.07) is 18.3. The monoisotopic (exact) mass is 1100 g/mol. The molecule has 2 saturated carbocycles. The molecular formula is C53H59BrCl2F2N4O10. The van der Waals surface area contributed by atoms with E-state index in [0.717, 1.165) is 5.56 Å². The van der Waals surface area contributed by atoms with Gasteiger partial charge in [-0.25, -0.2) is 8.78 Å². The molecule has 5 aromatic rings. The van der Waals surface area contributed by atoms with E-state index in [-0.39, 0.29) is 145 Å². The molecule has 0 bridgehead atoms. The van der Waals surface area contributed by atoms with E-state index in [9.17, 15) is 52.9 Å². The van der Waals surface area contributed by atoms with E-state index in [1.165, 1.54) is 40.1 Å². The normalized spacial score (nSPS) is 20.3. The van der Waals surface area contributed by atoms with E-state index in [2.05, 4.69) is 0 Å². The van der Waals surface area contributed by atoms with Gasteiger partial charge in [-0.1, -0.05) is 92.7 Å². The van der Waals surface area contributed by atoms with Crippen LogP contribution in [0.2, 0.25) is 10.0 Å². The van der Waals surface area contributed by atoms with Crippen LogP contribution in [-0.4, -0.2) is 98.0 Å². The van der Waals surface area contributed by atoms with Gasteiger partial charge in [0.1, 0.15) is 18.2 Å². The van der Waals surface area contributed by atoms with Gasteiger partial charge in [-0.3, -0.25) is 28.8 Å². The zero-order valence-corrected chi connectivity index (χ0v) is 41.5. The number of halogens is 5. The first-order valence-electron chi connectivity index (χ1n) is 22.5. The maximum atomic E-state index is 14.4. The SMILES string of the molecule is Br.C.C.CN1CC2(CC(CO)C2)n2cc(C(=O)CCc3cccc(Cl)c3F)c(=O)c(O)c2C1=O.CN1CC2(CC(CO)C2)n2cc(C(=O)CCc3cccc(Cl)c3F)c(=O)c(OCc3ccccc3)c2C1=O. The van der Waals surface area contributed by atoms with Crippen molar-refractivity contribution in [2.75, 3.05) is 40.4 Å². The highest BCUT2D eigenvalue weighted by Gasteiger charge is 2.53. The van der Waals surface area contributed by atoms with Gasteiger partial charge >= 0.3 is 0 Å². The Morgan fingerprint density at radius 2 is 1.10 bits per heavy atom. The van der Waals surface area contributed by atoms with Gasteiger partial charge in [0.15, 0.2) is 34.5 Å². The van der Waals surface area contributed by atoms with E-state index in [1.54, 1.807) is 41.8 Å². The number of carbonyl (C=O) groups excluding carboxylic acids is 4. The first-order chi connectivity index (χ1) is 32.9. The quantitative estimate of drug-likeness (QED) is 0.0966. The van der Waals surface area contributed by atoms with E-state index >= 15 is 0 Å². The number of ether oxygens (including phenoxy) is 1. The van der Waals surface area contributed by atoms with E-state index < -0.39 is 56.8 Å². The number of ketones is 2. The third-order valence-corrected chi connectivity index (χ3v) is 14.4. The summed E-state index contributed by atoms with van der Waals surface area (Å²) in [6.45, 7) is 0.787. The highest BCUT2D eigenvalue weighted by molar-refractivity contribution is 8.93. The second kappa shape index (κ2) is 23.0. The Morgan fingerprint density at radius 1 is 0.667 bits per heavy atom. The molecule has 0 saturated heterocycles. The predicted octanol–water partition coefficient (Wildman–Crippen LogP) is 8.41. The van der Waals surface area contributed by atoms with Gasteiger partial charge in [-0.15, -0.1) is 17.0 Å². The Balaban J connectivity index is 0.000000262. The summed E-state index contributed by atoms with van der Waals surface area (Å²) in [5, 5.41) is 29.6. The molecule has 0 unspecified atom stereocenters. The molecule has 19 heteroatoms. The summed E-state index contributed by atoms with van der Waals surface area (Å²) in [6.07, 6.45) is 4.91. The Kier molecular flexibility index (Phi) is 18.3. The molecule has 4 heterocycles. The highest BCUT2D eigenvalue weighted by Crippen LogP contribution is 2.49. The Labute approximate surface area is 436 Å². The van der Waals surface area contributed by atoms with Gasteiger partial charge < -0.3 is 39.0 Å². The van der Waals surface area contributed by atoms with Gasteiger partial charge in [0, 0.05) is 65.6 Å². The molecule has 386 valence electrons. The molecule has 9 rings (SSSR count). The highest BCUT2D eigenvalue weighted by atomic mass is 79.9.